The summed E-state index contributed by atoms with van der Waals surface area (Å²) in [6.07, 6.45) is 4.51. The summed E-state index contributed by atoms with van der Waals surface area (Å²) in [5.74, 6) is -0.227. The normalized spacial score (nSPS) is 34.2. The zero-order chi connectivity index (χ0) is 14.8. The molecule has 2 fully saturated rings. The minimum atomic E-state index is -0.274. The number of nitrogens with zero attached hydrogens (tertiary/aromatic N) is 1. The Morgan fingerprint density at radius 1 is 1.40 bits per heavy atom. The van der Waals surface area contributed by atoms with Crippen LogP contribution in [0.2, 0.25) is 0 Å². The second kappa shape index (κ2) is 6.12. The molecule has 2 heterocycles. The van der Waals surface area contributed by atoms with Gasteiger partial charge in [-0.3, -0.25) is 9.59 Å². The third kappa shape index (κ3) is 2.82. The van der Waals surface area contributed by atoms with Crippen molar-refractivity contribution >= 4 is 11.8 Å². The van der Waals surface area contributed by atoms with Crippen LogP contribution in [0, 0.1) is 11.3 Å². The van der Waals surface area contributed by atoms with E-state index in [1.54, 1.807) is 0 Å². The summed E-state index contributed by atoms with van der Waals surface area (Å²) < 4.78 is 0. The molecule has 0 bridgehead atoms. The number of primary amides is 1. The fraction of sp³-hybridized carbons (Fsp3) is 0.867. The quantitative estimate of drug-likeness (QED) is 0.803. The predicted molar refractivity (Wildman–Crippen MR) is 77.9 cm³/mol. The number of likely N-dealkylation sites (tertiary alicyclic amines) is 1. The number of nitrogens with one attached hydrogen (secondary N) is 1. The molecule has 2 aliphatic rings. The van der Waals surface area contributed by atoms with Crippen molar-refractivity contribution in [3.63, 3.8) is 0 Å². The largest absolute Gasteiger partial charge is 0.369 e. The number of amides is 2. The van der Waals surface area contributed by atoms with E-state index in [4.69, 9.17) is 5.73 Å². The van der Waals surface area contributed by atoms with Gasteiger partial charge >= 0.3 is 0 Å². The topological polar surface area (TPSA) is 75.4 Å². The summed E-state index contributed by atoms with van der Waals surface area (Å²) in [7, 11) is 0. The van der Waals surface area contributed by atoms with Crippen molar-refractivity contribution in [2.75, 3.05) is 19.6 Å². The van der Waals surface area contributed by atoms with Gasteiger partial charge in [-0.2, -0.15) is 0 Å². The van der Waals surface area contributed by atoms with E-state index in [0.717, 1.165) is 45.2 Å². The fourth-order valence-electron chi connectivity index (χ4n) is 3.65. The first-order valence-corrected chi connectivity index (χ1v) is 7.81. The third-order valence-corrected chi connectivity index (χ3v) is 4.97. The van der Waals surface area contributed by atoms with E-state index in [1.807, 2.05) is 4.90 Å². The first-order valence-electron chi connectivity index (χ1n) is 7.81. The Labute approximate surface area is 121 Å². The monoisotopic (exact) mass is 281 g/mol. The van der Waals surface area contributed by atoms with Gasteiger partial charge in [-0.1, -0.05) is 13.3 Å². The second-order valence-corrected chi connectivity index (χ2v) is 6.44. The van der Waals surface area contributed by atoms with Crippen LogP contribution in [0.4, 0.5) is 0 Å². The maximum absolute atomic E-state index is 13.0. The summed E-state index contributed by atoms with van der Waals surface area (Å²) >= 11 is 0. The molecule has 0 aromatic rings. The molecule has 114 valence electrons. The Balaban J connectivity index is 2.14. The molecule has 3 N–H and O–H groups in total. The molecule has 0 aromatic heterocycles. The first-order chi connectivity index (χ1) is 9.50. The highest BCUT2D eigenvalue weighted by Gasteiger charge is 2.45. The van der Waals surface area contributed by atoms with Crippen LogP contribution in [-0.2, 0) is 9.59 Å². The van der Waals surface area contributed by atoms with Crippen LogP contribution < -0.4 is 11.1 Å². The number of hydrogen-bond acceptors (Lipinski definition) is 3. The summed E-state index contributed by atoms with van der Waals surface area (Å²) in [5, 5.41) is 3.33. The molecule has 2 amide bonds. The average Bonchev–Trinajstić information content (AvgIpc) is 2.88. The molecule has 0 saturated carbocycles. The lowest BCUT2D eigenvalue weighted by molar-refractivity contribution is -0.147. The van der Waals surface area contributed by atoms with Gasteiger partial charge in [-0.05, 0) is 39.2 Å². The van der Waals surface area contributed by atoms with Crippen molar-refractivity contribution in [3.8, 4) is 0 Å². The van der Waals surface area contributed by atoms with Crippen LogP contribution in [0.25, 0.3) is 0 Å². The Morgan fingerprint density at radius 2 is 2.15 bits per heavy atom. The van der Waals surface area contributed by atoms with Gasteiger partial charge in [0.25, 0.3) is 0 Å². The lowest BCUT2D eigenvalue weighted by Crippen LogP contribution is -2.54. The van der Waals surface area contributed by atoms with Crippen LogP contribution in [-0.4, -0.2) is 42.4 Å². The van der Waals surface area contributed by atoms with Gasteiger partial charge in [0.05, 0.1) is 11.3 Å². The molecule has 0 aromatic carbocycles. The Morgan fingerprint density at radius 3 is 2.70 bits per heavy atom. The summed E-state index contributed by atoms with van der Waals surface area (Å²) in [6, 6.07) is 0.215. The number of piperidine rings is 1. The molecule has 20 heavy (non-hydrogen) atoms. The number of carbonyl (C=O) groups is 2. The smallest absolute Gasteiger partial charge is 0.230 e. The molecule has 0 aliphatic carbocycles. The minimum absolute atomic E-state index is 0.178. The van der Waals surface area contributed by atoms with E-state index >= 15 is 0 Å². The van der Waals surface area contributed by atoms with Gasteiger partial charge in [0.15, 0.2) is 0 Å². The fourth-order valence-corrected chi connectivity index (χ4v) is 3.65. The van der Waals surface area contributed by atoms with Gasteiger partial charge in [0.2, 0.25) is 11.8 Å². The van der Waals surface area contributed by atoms with Crippen molar-refractivity contribution in [2.24, 2.45) is 17.1 Å². The molecular formula is C15H27N3O2. The van der Waals surface area contributed by atoms with Gasteiger partial charge < -0.3 is 16.0 Å². The zero-order valence-corrected chi connectivity index (χ0v) is 12.7. The molecule has 5 nitrogen and oxygen atoms in total. The van der Waals surface area contributed by atoms with Crippen molar-refractivity contribution in [3.05, 3.63) is 0 Å². The summed E-state index contributed by atoms with van der Waals surface area (Å²) in [4.78, 5) is 26.4. The van der Waals surface area contributed by atoms with E-state index in [1.165, 1.54) is 0 Å². The second-order valence-electron chi connectivity index (χ2n) is 6.44. The number of hydrogen-bond donors (Lipinski definition) is 2. The SMILES string of the molecule is CCCC1(C(=O)N2CC(C(N)=O)CCC2C)CCNC1. The zero-order valence-electron chi connectivity index (χ0n) is 12.7. The molecule has 0 radical (unpaired) electrons. The maximum atomic E-state index is 13.0. The van der Waals surface area contributed by atoms with E-state index in [-0.39, 0.29) is 29.2 Å². The van der Waals surface area contributed by atoms with Gasteiger partial charge in [0.1, 0.15) is 0 Å². The molecule has 5 heteroatoms. The summed E-state index contributed by atoms with van der Waals surface area (Å²) in [6.45, 7) is 6.38. The lowest BCUT2D eigenvalue weighted by atomic mass is 9.79. The van der Waals surface area contributed by atoms with Crippen LogP contribution in [0.5, 0.6) is 0 Å². The van der Waals surface area contributed by atoms with Gasteiger partial charge in [-0.15, -0.1) is 0 Å². The molecule has 3 unspecified atom stereocenters. The predicted octanol–water partition coefficient (Wildman–Crippen LogP) is 0.879. The van der Waals surface area contributed by atoms with E-state index in [2.05, 4.69) is 19.2 Å². The molecule has 3 atom stereocenters. The van der Waals surface area contributed by atoms with E-state index in [9.17, 15) is 9.59 Å². The number of rotatable bonds is 4. The summed E-state index contributed by atoms with van der Waals surface area (Å²) in [5.41, 5.74) is 5.17. The van der Waals surface area contributed by atoms with Crippen LogP contribution in [0.1, 0.15) is 46.0 Å². The molecule has 2 aliphatic heterocycles. The highest BCUT2D eigenvalue weighted by Crippen LogP contribution is 2.36. The van der Waals surface area contributed by atoms with Crippen LogP contribution >= 0.6 is 0 Å². The highest BCUT2D eigenvalue weighted by molar-refractivity contribution is 5.85. The van der Waals surface area contributed by atoms with Crippen molar-refractivity contribution in [1.29, 1.82) is 0 Å². The van der Waals surface area contributed by atoms with Crippen LogP contribution in [0.3, 0.4) is 0 Å². The Bertz CT molecular complexity index is 377. The Kier molecular flexibility index (Phi) is 4.68. The lowest BCUT2D eigenvalue weighted by Gasteiger charge is -2.42. The third-order valence-electron chi connectivity index (χ3n) is 4.97. The van der Waals surface area contributed by atoms with Gasteiger partial charge in [0, 0.05) is 19.1 Å². The molecule has 0 spiro atoms. The van der Waals surface area contributed by atoms with Crippen LogP contribution in [0.15, 0.2) is 0 Å². The molecule has 2 saturated heterocycles. The standard InChI is InChI=1S/C15H27N3O2/c1-3-6-15(7-8-17-10-15)14(20)18-9-12(13(16)19)5-4-11(18)2/h11-12,17H,3-10H2,1-2H3,(H2,16,19). The number of carbonyl (C=O) groups excluding carboxylic acids is 2. The minimum Gasteiger partial charge on any atom is -0.369 e. The van der Waals surface area contributed by atoms with Gasteiger partial charge in [-0.25, -0.2) is 0 Å². The molecular weight excluding hydrogens is 254 g/mol. The van der Waals surface area contributed by atoms with E-state index in [0.29, 0.717) is 6.54 Å². The van der Waals surface area contributed by atoms with Crippen molar-refractivity contribution in [1.82, 2.24) is 10.2 Å². The highest BCUT2D eigenvalue weighted by atomic mass is 16.2. The maximum Gasteiger partial charge on any atom is 0.230 e. The number of nitrogens with two attached hydrogens (primary N) is 1. The Hall–Kier alpha value is -1.10. The molecule has 2 rings (SSSR count). The first kappa shape index (κ1) is 15.3. The van der Waals surface area contributed by atoms with E-state index < -0.39 is 0 Å². The average molecular weight is 281 g/mol. The van der Waals surface area contributed by atoms with Crippen molar-refractivity contribution in [2.45, 2.75) is 52.0 Å². The van der Waals surface area contributed by atoms with Crippen molar-refractivity contribution < 1.29 is 9.59 Å².